The summed E-state index contributed by atoms with van der Waals surface area (Å²) in [4.78, 5) is 10.6. The van der Waals surface area contributed by atoms with Crippen molar-refractivity contribution in [2.45, 2.75) is 6.04 Å². The number of hydrogen-bond donors (Lipinski definition) is 2. The first-order chi connectivity index (χ1) is 9.65. The SMILES string of the molecule is O=[N+]([O-])c1ccccc1NC1COc2cc(O)ccc21. The average molecular weight is 272 g/mol. The lowest BCUT2D eigenvalue weighted by atomic mass is 10.1. The highest BCUT2D eigenvalue weighted by atomic mass is 16.6. The van der Waals surface area contributed by atoms with Crippen molar-refractivity contribution in [3.63, 3.8) is 0 Å². The molecule has 2 aromatic carbocycles. The highest BCUT2D eigenvalue weighted by molar-refractivity contribution is 5.63. The van der Waals surface area contributed by atoms with E-state index >= 15 is 0 Å². The molecule has 0 saturated carbocycles. The highest BCUT2D eigenvalue weighted by Gasteiger charge is 2.26. The van der Waals surface area contributed by atoms with E-state index in [1.807, 2.05) is 0 Å². The van der Waals surface area contributed by atoms with Crippen molar-refractivity contribution in [1.82, 2.24) is 0 Å². The van der Waals surface area contributed by atoms with Crippen molar-refractivity contribution in [2.75, 3.05) is 11.9 Å². The smallest absolute Gasteiger partial charge is 0.292 e. The van der Waals surface area contributed by atoms with E-state index < -0.39 is 4.92 Å². The summed E-state index contributed by atoms with van der Waals surface area (Å²) in [6, 6.07) is 11.2. The fourth-order valence-corrected chi connectivity index (χ4v) is 2.26. The zero-order chi connectivity index (χ0) is 14.1. The summed E-state index contributed by atoms with van der Waals surface area (Å²) in [5.74, 6) is 0.733. The topological polar surface area (TPSA) is 84.6 Å². The van der Waals surface area contributed by atoms with E-state index in [9.17, 15) is 15.2 Å². The molecule has 1 aliphatic heterocycles. The Morgan fingerprint density at radius 2 is 2.10 bits per heavy atom. The fourth-order valence-electron chi connectivity index (χ4n) is 2.26. The Morgan fingerprint density at radius 1 is 1.30 bits per heavy atom. The number of anilines is 1. The van der Waals surface area contributed by atoms with Crippen molar-refractivity contribution in [1.29, 1.82) is 0 Å². The summed E-state index contributed by atoms with van der Waals surface area (Å²) in [5.41, 5.74) is 1.35. The van der Waals surface area contributed by atoms with Crippen LogP contribution in [-0.4, -0.2) is 16.6 Å². The molecule has 0 amide bonds. The third-order valence-corrected chi connectivity index (χ3v) is 3.21. The number of para-hydroxylation sites is 2. The molecule has 1 heterocycles. The second-order valence-corrected chi connectivity index (χ2v) is 4.50. The number of aromatic hydroxyl groups is 1. The van der Waals surface area contributed by atoms with Crippen LogP contribution in [0.2, 0.25) is 0 Å². The predicted octanol–water partition coefficient (Wildman–Crippen LogP) is 2.85. The predicted molar refractivity (Wildman–Crippen MR) is 73.1 cm³/mol. The Kier molecular flexibility index (Phi) is 2.90. The highest BCUT2D eigenvalue weighted by Crippen LogP contribution is 2.38. The molecule has 0 spiro atoms. The normalized spacial score (nSPS) is 16.3. The minimum absolute atomic E-state index is 0.0275. The van der Waals surface area contributed by atoms with Crippen molar-refractivity contribution >= 4 is 11.4 Å². The number of phenolic OH excluding ortho intramolecular Hbond substituents is 1. The van der Waals surface area contributed by atoms with Gasteiger partial charge in [-0.15, -0.1) is 0 Å². The Bertz CT molecular complexity index is 672. The summed E-state index contributed by atoms with van der Waals surface area (Å²) < 4.78 is 5.47. The molecule has 0 aliphatic carbocycles. The van der Waals surface area contributed by atoms with E-state index in [0.717, 1.165) is 5.56 Å². The van der Waals surface area contributed by atoms with E-state index in [1.54, 1.807) is 30.3 Å². The fraction of sp³-hybridized carbons (Fsp3) is 0.143. The first-order valence-electron chi connectivity index (χ1n) is 6.11. The van der Waals surface area contributed by atoms with Gasteiger partial charge in [-0.2, -0.15) is 0 Å². The van der Waals surface area contributed by atoms with Crippen LogP contribution < -0.4 is 10.1 Å². The minimum Gasteiger partial charge on any atom is -0.508 e. The molecule has 2 N–H and O–H groups in total. The third kappa shape index (κ3) is 2.11. The van der Waals surface area contributed by atoms with Crippen molar-refractivity contribution in [3.05, 3.63) is 58.1 Å². The first-order valence-corrected chi connectivity index (χ1v) is 6.11. The van der Waals surface area contributed by atoms with Gasteiger partial charge in [-0.1, -0.05) is 12.1 Å². The van der Waals surface area contributed by atoms with Gasteiger partial charge in [-0.05, 0) is 18.2 Å². The van der Waals surface area contributed by atoms with Crippen LogP contribution in [0.4, 0.5) is 11.4 Å². The number of phenols is 1. The minimum atomic E-state index is -0.421. The number of nitrogens with zero attached hydrogens (tertiary/aromatic N) is 1. The van der Waals surface area contributed by atoms with Gasteiger partial charge in [0.05, 0.1) is 11.0 Å². The zero-order valence-electron chi connectivity index (χ0n) is 10.4. The Balaban J connectivity index is 1.90. The summed E-state index contributed by atoms with van der Waals surface area (Å²) >= 11 is 0. The average Bonchev–Trinajstić information content (AvgIpc) is 2.81. The van der Waals surface area contributed by atoms with E-state index in [2.05, 4.69) is 5.32 Å². The van der Waals surface area contributed by atoms with Gasteiger partial charge in [0.2, 0.25) is 0 Å². The number of nitrogens with one attached hydrogen (secondary N) is 1. The molecule has 1 aliphatic rings. The molecule has 2 aromatic rings. The van der Waals surface area contributed by atoms with Crippen LogP contribution in [0.1, 0.15) is 11.6 Å². The van der Waals surface area contributed by atoms with E-state index in [-0.39, 0.29) is 17.5 Å². The maximum Gasteiger partial charge on any atom is 0.292 e. The molecule has 102 valence electrons. The van der Waals surface area contributed by atoms with Gasteiger partial charge in [0.15, 0.2) is 0 Å². The maximum atomic E-state index is 11.0. The number of nitro groups is 1. The molecule has 1 unspecified atom stereocenters. The van der Waals surface area contributed by atoms with Crippen LogP contribution in [0.25, 0.3) is 0 Å². The van der Waals surface area contributed by atoms with Crippen molar-refractivity contribution in [2.24, 2.45) is 0 Å². The molecule has 0 fully saturated rings. The summed E-state index contributed by atoms with van der Waals surface area (Å²) in [5, 5.41) is 23.5. The van der Waals surface area contributed by atoms with Gasteiger partial charge in [-0.3, -0.25) is 10.1 Å². The molecule has 1 atom stereocenters. The quantitative estimate of drug-likeness (QED) is 0.663. The van der Waals surface area contributed by atoms with Crippen LogP contribution in [0.3, 0.4) is 0 Å². The molecule has 0 aromatic heterocycles. The largest absolute Gasteiger partial charge is 0.508 e. The van der Waals surface area contributed by atoms with E-state index in [1.165, 1.54) is 12.1 Å². The van der Waals surface area contributed by atoms with Crippen LogP contribution in [0.15, 0.2) is 42.5 Å². The van der Waals surface area contributed by atoms with Crippen molar-refractivity contribution < 1.29 is 14.8 Å². The van der Waals surface area contributed by atoms with Gasteiger partial charge < -0.3 is 15.2 Å². The molecule has 0 radical (unpaired) electrons. The number of hydrogen-bond acceptors (Lipinski definition) is 5. The summed E-state index contributed by atoms with van der Waals surface area (Å²) in [6.07, 6.45) is 0. The second kappa shape index (κ2) is 4.73. The summed E-state index contributed by atoms with van der Waals surface area (Å²) in [6.45, 7) is 0.366. The Labute approximate surface area is 114 Å². The monoisotopic (exact) mass is 272 g/mol. The molecule has 20 heavy (non-hydrogen) atoms. The number of benzene rings is 2. The van der Waals surface area contributed by atoms with E-state index in [0.29, 0.717) is 18.0 Å². The van der Waals surface area contributed by atoms with Gasteiger partial charge >= 0.3 is 0 Å². The van der Waals surface area contributed by atoms with Gasteiger partial charge in [0.1, 0.15) is 23.8 Å². The Morgan fingerprint density at radius 3 is 2.90 bits per heavy atom. The number of rotatable bonds is 3. The van der Waals surface area contributed by atoms with Gasteiger partial charge in [0.25, 0.3) is 5.69 Å². The van der Waals surface area contributed by atoms with Gasteiger partial charge in [-0.25, -0.2) is 0 Å². The first kappa shape index (κ1) is 12.3. The Hall–Kier alpha value is -2.76. The van der Waals surface area contributed by atoms with E-state index in [4.69, 9.17) is 4.74 Å². The lowest BCUT2D eigenvalue weighted by molar-refractivity contribution is -0.384. The van der Waals surface area contributed by atoms with Crippen LogP contribution in [0.5, 0.6) is 11.5 Å². The lowest BCUT2D eigenvalue weighted by Crippen LogP contribution is -2.12. The number of fused-ring (bicyclic) bond motifs is 1. The zero-order valence-corrected chi connectivity index (χ0v) is 10.4. The molecular weight excluding hydrogens is 260 g/mol. The lowest BCUT2D eigenvalue weighted by Gasteiger charge is -2.13. The molecule has 3 rings (SSSR count). The molecule has 0 saturated heterocycles. The molecule has 6 heteroatoms. The maximum absolute atomic E-state index is 11.0. The standard InChI is InChI=1S/C14H12N2O4/c17-9-5-6-10-12(8-20-14(10)7-9)15-11-3-1-2-4-13(11)16(18)19/h1-7,12,15,17H,8H2. The van der Waals surface area contributed by atoms with Crippen LogP contribution >= 0.6 is 0 Å². The van der Waals surface area contributed by atoms with Crippen LogP contribution in [0, 0.1) is 10.1 Å². The molecule has 6 nitrogen and oxygen atoms in total. The molecule has 0 bridgehead atoms. The summed E-state index contributed by atoms with van der Waals surface area (Å²) in [7, 11) is 0. The number of ether oxygens (including phenoxy) is 1. The number of nitro benzene ring substituents is 1. The van der Waals surface area contributed by atoms with Crippen molar-refractivity contribution in [3.8, 4) is 11.5 Å². The van der Waals surface area contributed by atoms with Gasteiger partial charge in [0, 0.05) is 17.7 Å². The third-order valence-electron chi connectivity index (χ3n) is 3.21. The van der Waals surface area contributed by atoms with Crippen LogP contribution in [-0.2, 0) is 0 Å². The second-order valence-electron chi connectivity index (χ2n) is 4.50. The molecular formula is C14H12N2O4.